The molecule has 1 saturated heterocycles. The number of aliphatic hydroxyl groups is 1. The first-order valence-electron chi connectivity index (χ1n) is 11.6. The molecule has 1 aliphatic rings. The minimum atomic E-state index is -0.657. The van der Waals surface area contributed by atoms with Gasteiger partial charge >= 0.3 is 6.03 Å². The molecule has 0 aliphatic carbocycles. The fourth-order valence-corrected chi connectivity index (χ4v) is 4.01. The second kappa shape index (κ2) is 11.6. The van der Waals surface area contributed by atoms with Gasteiger partial charge in [0.25, 0.3) is 0 Å². The third-order valence-electron chi connectivity index (χ3n) is 5.96. The largest absolute Gasteiger partial charge is 0.494 e. The molecular formula is C25H35N5O3. The van der Waals surface area contributed by atoms with Crippen molar-refractivity contribution in [2.75, 3.05) is 47.5 Å². The molecule has 0 spiro atoms. The van der Waals surface area contributed by atoms with Crippen molar-refractivity contribution < 1.29 is 14.6 Å². The van der Waals surface area contributed by atoms with E-state index in [4.69, 9.17) is 10.1 Å². The summed E-state index contributed by atoms with van der Waals surface area (Å²) in [7, 11) is 0. The summed E-state index contributed by atoms with van der Waals surface area (Å²) in [5.74, 6) is 0.892. The van der Waals surface area contributed by atoms with Crippen LogP contribution in [0.3, 0.4) is 0 Å². The number of hydrogen-bond donors (Lipinski definition) is 3. The molecule has 178 valence electrons. The van der Waals surface area contributed by atoms with E-state index in [0.29, 0.717) is 18.7 Å². The molecule has 2 aromatic rings. The number of carbonyl (C=O) groups excluding carboxylic acids is 1. The SMILES string of the molecule is CCOc1ccc(N2CCN(c3ccc(N(C=N)C(=O)N[C@@H](CC)[C@H](C)O)cc3)CC2)cc1. The monoisotopic (exact) mass is 453 g/mol. The van der Waals surface area contributed by atoms with Crippen LogP contribution in [-0.4, -0.2) is 62.4 Å². The number of hydrogen-bond acceptors (Lipinski definition) is 6. The maximum atomic E-state index is 12.6. The highest BCUT2D eigenvalue weighted by Gasteiger charge is 2.21. The lowest BCUT2D eigenvalue weighted by Crippen LogP contribution is -2.48. The van der Waals surface area contributed by atoms with Crippen LogP contribution < -0.4 is 24.8 Å². The van der Waals surface area contributed by atoms with Crippen molar-refractivity contribution in [3.05, 3.63) is 48.5 Å². The van der Waals surface area contributed by atoms with Crippen LogP contribution in [0.1, 0.15) is 27.2 Å². The van der Waals surface area contributed by atoms with Crippen molar-refractivity contribution in [3.63, 3.8) is 0 Å². The average Bonchev–Trinajstić information content (AvgIpc) is 2.84. The highest BCUT2D eigenvalue weighted by atomic mass is 16.5. The number of amides is 2. The van der Waals surface area contributed by atoms with Crippen molar-refractivity contribution in [2.45, 2.75) is 39.3 Å². The molecule has 3 rings (SSSR count). The Labute approximate surface area is 196 Å². The summed E-state index contributed by atoms with van der Waals surface area (Å²) in [6.45, 7) is 9.83. The zero-order valence-corrected chi connectivity index (χ0v) is 19.7. The molecule has 0 bridgehead atoms. The summed E-state index contributed by atoms with van der Waals surface area (Å²) in [6.07, 6.45) is 0.945. The maximum Gasteiger partial charge on any atom is 0.327 e. The van der Waals surface area contributed by atoms with Gasteiger partial charge in [-0.15, -0.1) is 0 Å². The Morgan fingerprint density at radius 3 is 2.00 bits per heavy atom. The highest BCUT2D eigenvalue weighted by molar-refractivity contribution is 6.06. The van der Waals surface area contributed by atoms with Gasteiger partial charge in [0, 0.05) is 37.6 Å². The molecule has 1 heterocycles. The van der Waals surface area contributed by atoms with Crippen LogP contribution in [0.15, 0.2) is 48.5 Å². The first-order valence-corrected chi connectivity index (χ1v) is 11.6. The van der Waals surface area contributed by atoms with Crippen LogP contribution in [0.4, 0.5) is 21.9 Å². The maximum absolute atomic E-state index is 12.6. The van der Waals surface area contributed by atoms with Crippen LogP contribution in [0.2, 0.25) is 0 Å². The molecule has 0 saturated carbocycles. The van der Waals surface area contributed by atoms with E-state index < -0.39 is 12.1 Å². The lowest BCUT2D eigenvalue weighted by Gasteiger charge is -2.37. The number of nitrogens with zero attached hydrogens (tertiary/aromatic N) is 3. The lowest BCUT2D eigenvalue weighted by molar-refractivity contribution is 0.145. The predicted octanol–water partition coefficient (Wildman–Crippen LogP) is 3.69. The van der Waals surface area contributed by atoms with E-state index in [1.165, 1.54) is 10.6 Å². The highest BCUT2D eigenvalue weighted by Crippen LogP contribution is 2.25. The van der Waals surface area contributed by atoms with E-state index in [2.05, 4.69) is 27.2 Å². The fourth-order valence-electron chi connectivity index (χ4n) is 4.01. The number of aliphatic hydroxyl groups excluding tert-OH is 1. The summed E-state index contributed by atoms with van der Waals surface area (Å²) in [5, 5.41) is 20.3. The number of ether oxygens (including phenoxy) is 1. The van der Waals surface area contributed by atoms with Gasteiger partial charge in [-0.1, -0.05) is 6.92 Å². The summed E-state index contributed by atoms with van der Waals surface area (Å²) in [6, 6.07) is 15.1. The number of urea groups is 1. The first-order chi connectivity index (χ1) is 16.0. The van der Waals surface area contributed by atoms with Gasteiger partial charge in [0.1, 0.15) is 5.75 Å². The molecule has 2 amide bonds. The molecule has 0 aromatic heterocycles. The molecular weight excluding hydrogens is 418 g/mol. The van der Waals surface area contributed by atoms with Gasteiger partial charge in [-0.05, 0) is 68.8 Å². The number of anilines is 3. The van der Waals surface area contributed by atoms with Gasteiger partial charge in [-0.3, -0.25) is 10.3 Å². The first kappa shape index (κ1) is 24.4. The molecule has 1 fully saturated rings. The third kappa shape index (κ3) is 6.16. The van der Waals surface area contributed by atoms with E-state index in [9.17, 15) is 9.90 Å². The summed E-state index contributed by atoms with van der Waals surface area (Å²) in [4.78, 5) is 18.5. The quantitative estimate of drug-likeness (QED) is 0.398. The molecule has 2 aromatic carbocycles. The van der Waals surface area contributed by atoms with Gasteiger partial charge in [0.15, 0.2) is 0 Å². The smallest absolute Gasteiger partial charge is 0.327 e. The Morgan fingerprint density at radius 1 is 1.06 bits per heavy atom. The van der Waals surface area contributed by atoms with E-state index in [1.54, 1.807) is 6.92 Å². The Hall–Kier alpha value is -3.26. The molecule has 8 heteroatoms. The summed E-state index contributed by atoms with van der Waals surface area (Å²) in [5.41, 5.74) is 2.90. The fraction of sp³-hybridized carbons (Fsp3) is 0.440. The average molecular weight is 454 g/mol. The Morgan fingerprint density at radius 2 is 1.58 bits per heavy atom. The van der Waals surface area contributed by atoms with Crippen molar-refractivity contribution in [3.8, 4) is 5.75 Å². The zero-order valence-electron chi connectivity index (χ0n) is 19.7. The van der Waals surface area contributed by atoms with Crippen LogP contribution in [-0.2, 0) is 0 Å². The number of piperazine rings is 1. The second-order valence-electron chi connectivity index (χ2n) is 8.12. The van der Waals surface area contributed by atoms with Crippen molar-refractivity contribution in [1.82, 2.24) is 5.32 Å². The summed E-state index contributed by atoms with van der Waals surface area (Å²) >= 11 is 0. The van der Waals surface area contributed by atoms with Crippen LogP contribution in [0, 0.1) is 5.41 Å². The van der Waals surface area contributed by atoms with E-state index in [1.807, 2.05) is 50.2 Å². The standard InChI is InChI=1S/C25H35N5O3/c1-4-24(19(3)31)27-25(32)30(18-26)22-8-6-20(7-9-22)28-14-16-29(17-15-28)21-10-12-23(13-11-21)33-5-2/h6-13,18-19,24,26,31H,4-5,14-17H2,1-3H3,(H,27,32)/t19-,24-/m0/s1. The predicted molar refractivity (Wildman–Crippen MR) is 134 cm³/mol. The molecule has 8 nitrogen and oxygen atoms in total. The lowest BCUT2D eigenvalue weighted by atomic mass is 10.1. The van der Waals surface area contributed by atoms with E-state index >= 15 is 0 Å². The van der Waals surface area contributed by atoms with Crippen molar-refractivity contribution in [2.24, 2.45) is 0 Å². The van der Waals surface area contributed by atoms with Crippen LogP contribution in [0.25, 0.3) is 0 Å². The van der Waals surface area contributed by atoms with Gasteiger partial charge in [-0.25, -0.2) is 4.79 Å². The summed E-state index contributed by atoms with van der Waals surface area (Å²) < 4.78 is 5.53. The molecule has 0 radical (unpaired) electrons. The van der Waals surface area contributed by atoms with Crippen molar-refractivity contribution in [1.29, 1.82) is 5.41 Å². The van der Waals surface area contributed by atoms with Gasteiger partial charge in [0.05, 0.1) is 30.8 Å². The Kier molecular flexibility index (Phi) is 8.54. The molecule has 2 atom stereocenters. The number of rotatable bonds is 9. The van der Waals surface area contributed by atoms with Gasteiger partial charge in [-0.2, -0.15) is 0 Å². The molecule has 1 aliphatic heterocycles. The Bertz CT molecular complexity index is 893. The number of nitrogens with one attached hydrogen (secondary N) is 2. The van der Waals surface area contributed by atoms with E-state index in [0.717, 1.165) is 44.0 Å². The normalized spacial score (nSPS) is 15.5. The van der Waals surface area contributed by atoms with Crippen molar-refractivity contribution >= 4 is 29.4 Å². The van der Waals surface area contributed by atoms with Crippen LogP contribution in [0.5, 0.6) is 5.75 Å². The molecule has 3 N–H and O–H groups in total. The van der Waals surface area contributed by atoms with E-state index in [-0.39, 0.29) is 6.04 Å². The number of carbonyl (C=O) groups is 1. The Balaban J connectivity index is 1.58. The molecule has 33 heavy (non-hydrogen) atoms. The van der Waals surface area contributed by atoms with Gasteiger partial charge < -0.3 is 25.0 Å². The topological polar surface area (TPSA) is 92.1 Å². The minimum absolute atomic E-state index is 0.356. The number of benzene rings is 2. The van der Waals surface area contributed by atoms with Crippen LogP contribution >= 0.6 is 0 Å². The zero-order chi connectivity index (χ0) is 23.8. The second-order valence-corrected chi connectivity index (χ2v) is 8.12. The third-order valence-corrected chi connectivity index (χ3v) is 5.96. The minimum Gasteiger partial charge on any atom is -0.494 e. The van der Waals surface area contributed by atoms with Gasteiger partial charge in [0.2, 0.25) is 0 Å². The molecule has 0 unspecified atom stereocenters.